The molecule has 90 valence electrons. The van der Waals surface area contributed by atoms with Crippen molar-refractivity contribution in [3.63, 3.8) is 0 Å². The molecule has 1 aromatic rings. The summed E-state index contributed by atoms with van der Waals surface area (Å²) in [6.07, 6.45) is 1.61. The highest BCUT2D eigenvalue weighted by Crippen LogP contribution is 2.15. The van der Waals surface area contributed by atoms with Gasteiger partial charge in [-0.25, -0.2) is 0 Å². The normalized spacial score (nSPS) is 10.9. The van der Waals surface area contributed by atoms with Gasteiger partial charge in [-0.3, -0.25) is 9.48 Å². The van der Waals surface area contributed by atoms with E-state index < -0.39 is 0 Å². The number of hydrogen-bond acceptors (Lipinski definition) is 2. The van der Waals surface area contributed by atoms with Crippen molar-refractivity contribution in [2.24, 2.45) is 7.05 Å². The van der Waals surface area contributed by atoms with Gasteiger partial charge >= 0.3 is 0 Å². The molecule has 0 aromatic carbocycles. The van der Waals surface area contributed by atoms with Crippen LogP contribution in [0.5, 0.6) is 0 Å². The van der Waals surface area contributed by atoms with Crippen LogP contribution in [0.4, 0.5) is 0 Å². The van der Waals surface area contributed by atoms with Gasteiger partial charge in [0.05, 0.1) is 17.0 Å². The fraction of sp³-hybridized carbons (Fsp3) is 0.667. The third kappa shape index (κ3) is 2.43. The Labute approximate surface area is 97.0 Å². The highest BCUT2D eigenvalue weighted by molar-refractivity contribution is 5.96. The summed E-state index contributed by atoms with van der Waals surface area (Å²) in [5.74, 6) is -0.00296. The minimum absolute atomic E-state index is 0.00296. The number of nitrogens with zero attached hydrogens (tertiary/aromatic N) is 2. The second-order valence-electron chi connectivity index (χ2n) is 4.23. The van der Waals surface area contributed by atoms with Crippen molar-refractivity contribution in [1.82, 2.24) is 15.1 Å². The summed E-state index contributed by atoms with van der Waals surface area (Å²) in [4.78, 5) is 12.1. The number of aryl methyl sites for hydroxylation is 2. The molecule has 1 aromatic heterocycles. The average molecular weight is 223 g/mol. The minimum Gasteiger partial charge on any atom is -0.350 e. The summed E-state index contributed by atoms with van der Waals surface area (Å²) >= 11 is 0. The van der Waals surface area contributed by atoms with E-state index in [1.807, 2.05) is 39.4 Å². The molecule has 1 rings (SSSR count). The topological polar surface area (TPSA) is 46.9 Å². The van der Waals surface area contributed by atoms with Crippen molar-refractivity contribution < 1.29 is 4.79 Å². The lowest BCUT2D eigenvalue weighted by molar-refractivity contribution is 0.0941. The lowest BCUT2D eigenvalue weighted by Gasteiger charge is -2.09. The van der Waals surface area contributed by atoms with Crippen LogP contribution in [0.25, 0.3) is 0 Å². The van der Waals surface area contributed by atoms with E-state index >= 15 is 0 Å². The van der Waals surface area contributed by atoms with E-state index in [0.717, 1.165) is 29.8 Å². The maximum atomic E-state index is 12.1. The van der Waals surface area contributed by atoms with Crippen LogP contribution in [0.15, 0.2) is 0 Å². The molecular weight excluding hydrogens is 202 g/mol. The lowest BCUT2D eigenvalue weighted by atomic mass is 10.1. The van der Waals surface area contributed by atoms with Crippen LogP contribution >= 0.6 is 0 Å². The molecule has 0 bridgehead atoms. The number of amides is 1. The van der Waals surface area contributed by atoms with Crippen molar-refractivity contribution in [2.45, 2.75) is 46.6 Å². The number of nitrogens with one attached hydrogen (secondary N) is 1. The number of carbonyl (C=O) groups excluding carboxylic acids is 1. The molecule has 1 N–H and O–H groups in total. The minimum atomic E-state index is -0.00296. The molecule has 0 saturated carbocycles. The molecule has 0 spiro atoms. The maximum absolute atomic E-state index is 12.1. The summed E-state index contributed by atoms with van der Waals surface area (Å²) in [7, 11) is 1.89. The smallest absolute Gasteiger partial charge is 0.255 e. The first-order valence-electron chi connectivity index (χ1n) is 5.86. The molecule has 1 amide bonds. The van der Waals surface area contributed by atoms with Crippen LogP contribution < -0.4 is 5.32 Å². The summed E-state index contributed by atoms with van der Waals surface area (Å²) < 4.78 is 1.81. The first kappa shape index (κ1) is 12.7. The first-order chi connectivity index (χ1) is 7.51. The van der Waals surface area contributed by atoms with Crippen molar-refractivity contribution >= 4 is 5.91 Å². The predicted octanol–water partition coefficient (Wildman–Crippen LogP) is 1.68. The number of carbonyl (C=O) groups is 1. The van der Waals surface area contributed by atoms with Crippen molar-refractivity contribution in [3.8, 4) is 0 Å². The largest absolute Gasteiger partial charge is 0.350 e. The van der Waals surface area contributed by atoms with Crippen LogP contribution in [0, 0.1) is 0 Å². The molecule has 1 heterocycles. The summed E-state index contributed by atoms with van der Waals surface area (Å²) in [5.41, 5.74) is 2.66. The van der Waals surface area contributed by atoms with Gasteiger partial charge in [-0.1, -0.05) is 13.8 Å². The second kappa shape index (κ2) is 5.14. The Morgan fingerprint density at radius 3 is 2.44 bits per heavy atom. The molecule has 0 unspecified atom stereocenters. The van der Waals surface area contributed by atoms with E-state index in [1.165, 1.54) is 0 Å². The average Bonchev–Trinajstić information content (AvgIpc) is 2.53. The molecular formula is C12H21N3O. The summed E-state index contributed by atoms with van der Waals surface area (Å²) in [6, 6.07) is 0.155. The second-order valence-corrected chi connectivity index (χ2v) is 4.23. The van der Waals surface area contributed by atoms with Crippen molar-refractivity contribution in [1.29, 1.82) is 0 Å². The van der Waals surface area contributed by atoms with Gasteiger partial charge in [0.15, 0.2) is 0 Å². The Balaban J connectivity index is 3.13. The SMILES string of the molecule is CCc1nn(C)c(CC)c1C(=O)NC(C)C. The Hall–Kier alpha value is -1.32. The zero-order chi connectivity index (χ0) is 12.3. The summed E-state index contributed by atoms with van der Waals surface area (Å²) in [5, 5.41) is 7.31. The summed E-state index contributed by atoms with van der Waals surface area (Å²) in [6.45, 7) is 7.99. The fourth-order valence-corrected chi connectivity index (χ4v) is 1.87. The number of aromatic nitrogens is 2. The van der Waals surface area contributed by atoms with E-state index in [1.54, 1.807) is 0 Å². The van der Waals surface area contributed by atoms with Gasteiger partial charge in [0, 0.05) is 13.1 Å². The Bertz CT molecular complexity index is 380. The van der Waals surface area contributed by atoms with Crippen molar-refractivity contribution in [3.05, 3.63) is 17.0 Å². The van der Waals surface area contributed by atoms with E-state index in [0.29, 0.717) is 0 Å². The zero-order valence-corrected chi connectivity index (χ0v) is 10.8. The van der Waals surface area contributed by atoms with Gasteiger partial charge in [0.1, 0.15) is 0 Å². The van der Waals surface area contributed by atoms with Crippen molar-refractivity contribution in [2.75, 3.05) is 0 Å². The third-order valence-corrected chi connectivity index (χ3v) is 2.56. The number of hydrogen-bond donors (Lipinski definition) is 1. The van der Waals surface area contributed by atoms with Crippen LogP contribution in [0.1, 0.15) is 49.4 Å². The van der Waals surface area contributed by atoms with Gasteiger partial charge in [0.2, 0.25) is 0 Å². The quantitative estimate of drug-likeness (QED) is 0.844. The molecule has 0 radical (unpaired) electrons. The van der Waals surface area contributed by atoms with Gasteiger partial charge in [-0.05, 0) is 26.7 Å². The van der Waals surface area contributed by atoms with Gasteiger partial charge in [-0.15, -0.1) is 0 Å². The zero-order valence-electron chi connectivity index (χ0n) is 10.8. The van der Waals surface area contributed by atoms with Crippen LogP contribution in [0.3, 0.4) is 0 Å². The maximum Gasteiger partial charge on any atom is 0.255 e. The molecule has 0 aliphatic heterocycles. The monoisotopic (exact) mass is 223 g/mol. The van der Waals surface area contributed by atoms with E-state index in [-0.39, 0.29) is 11.9 Å². The molecule has 0 atom stereocenters. The lowest BCUT2D eigenvalue weighted by Crippen LogP contribution is -2.31. The number of rotatable bonds is 4. The Kier molecular flexibility index (Phi) is 4.10. The fourth-order valence-electron chi connectivity index (χ4n) is 1.87. The molecule has 4 nitrogen and oxygen atoms in total. The Morgan fingerprint density at radius 1 is 1.38 bits per heavy atom. The van der Waals surface area contributed by atoms with E-state index in [9.17, 15) is 4.79 Å². The van der Waals surface area contributed by atoms with Crippen LogP contribution in [0.2, 0.25) is 0 Å². The highest BCUT2D eigenvalue weighted by atomic mass is 16.1. The molecule has 0 saturated heterocycles. The molecule has 0 aliphatic carbocycles. The predicted molar refractivity (Wildman–Crippen MR) is 64.6 cm³/mol. The highest BCUT2D eigenvalue weighted by Gasteiger charge is 2.20. The van der Waals surface area contributed by atoms with E-state index in [4.69, 9.17) is 0 Å². The van der Waals surface area contributed by atoms with Crippen LogP contribution in [-0.2, 0) is 19.9 Å². The van der Waals surface area contributed by atoms with Gasteiger partial charge in [0.25, 0.3) is 5.91 Å². The molecule has 0 fully saturated rings. The van der Waals surface area contributed by atoms with E-state index in [2.05, 4.69) is 10.4 Å². The van der Waals surface area contributed by atoms with Gasteiger partial charge < -0.3 is 5.32 Å². The van der Waals surface area contributed by atoms with Crippen LogP contribution in [-0.4, -0.2) is 21.7 Å². The molecule has 16 heavy (non-hydrogen) atoms. The Morgan fingerprint density at radius 2 is 2.00 bits per heavy atom. The molecule has 4 heteroatoms. The third-order valence-electron chi connectivity index (χ3n) is 2.56. The first-order valence-corrected chi connectivity index (χ1v) is 5.86. The standard InChI is InChI=1S/C12H21N3O/c1-6-9-11(12(16)13-8(3)4)10(7-2)15(5)14-9/h8H,6-7H2,1-5H3,(H,13,16). The van der Waals surface area contributed by atoms with Gasteiger partial charge in [-0.2, -0.15) is 5.10 Å². The molecule has 0 aliphatic rings.